The van der Waals surface area contributed by atoms with E-state index in [9.17, 15) is 20.4 Å². The molecule has 0 spiro atoms. The molecule has 0 unspecified atom stereocenters. The van der Waals surface area contributed by atoms with Crippen LogP contribution in [0.25, 0.3) is 0 Å². The summed E-state index contributed by atoms with van der Waals surface area (Å²) in [5.41, 5.74) is -0.621. The molecule has 0 amide bonds. The number of ether oxygens (including phenoxy) is 2. The number of hydrogen-bond acceptors (Lipinski definition) is 8. The van der Waals surface area contributed by atoms with Crippen LogP contribution in [-0.2, 0) is 22.4 Å². The molecule has 8 heteroatoms. The summed E-state index contributed by atoms with van der Waals surface area (Å²) < 4.78 is 11.1. The molecule has 4 aromatic rings. The van der Waals surface area contributed by atoms with E-state index < -0.39 is 69.0 Å². The zero-order chi connectivity index (χ0) is 37.6. The first-order chi connectivity index (χ1) is 26.3. The Morgan fingerprint density at radius 2 is 0.778 bits per heavy atom. The molecule has 10 rings (SSSR count). The van der Waals surface area contributed by atoms with Gasteiger partial charge >= 0.3 is 0 Å². The molecular formula is C46H48O8. The highest BCUT2D eigenvalue weighted by Gasteiger charge is 3.00. The third-order valence-corrected chi connectivity index (χ3v) is 15.4. The number of benzene rings is 4. The van der Waals surface area contributed by atoms with Gasteiger partial charge in [-0.15, -0.1) is 0 Å². The zero-order valence-electron chi connectivity index (χ0n) is 30.7. The summed E-state index contributed by atoms with van der Waals surface area (Å²) in [5.74, 6) is -3.13. The van der Waals surface area contributed by atoms with Crippen molar-refractivity contribution in [2.75, 3.05) is 40.6 Å². The Kier molecular flexibility index (Phi) is 8.25. The van der Waals surface area contributed by atoms with Gasteiger partial charge in [-0.3, -0.25) is 9.59 Å². The number of aliphatic hydroxyl groups excluding tert-OH is 4. The van der Waals surface area contributed by atoms with Crippen molar-refractivity contribution in [3.05, 3.63) is 131 Å². The Morgan fingerprint density at radius 1 is 0.481 bits per heavy atom. The number of ketones is 2. The van der Waals surface area contributed by atoms with Crippen molar-refractivity contribution in [3.63, 3.8) is 0 Å². The molecular weight excluding hydrogens is 680 g/mol. The monoisotopic (exact) mass is 728 g/mol. The first-order valence-corrected chi connectivity index (χ1v) is 19.1. The lowest BCUT2D eigenvalue weighted by Gasteiger charge is -2.97. The second-order valence-electron chi connectivity index (χ2n) is 16.7. The van der Waals surface area contributed by atoms with Gasteiger partial charge in [0.25, 0.3) is 0 Å². The molecule has 6 fully saturated rings. The van der Waals surface area contributed by atoms with Crippen LogP contribution in [0.2, 0.25) is 0 Å². The fraction of sp³-hybridized carbons (Fsp3) is 0.435. The maximum absolute atomic E-state index is 15.2. The Bertz CT molecular complexity index is 1830. The number of methoxy groups -OCH3 is 2. The number of carbonyl (C=O) groups excluding carboxylic acids is 2. The highest BCUT2D eigenvalue weighted by atomic mass is 16.5. The number of carbonyl (C=O) groups is 2. The van der Waals surface area contributed by atoms with Crippen molar-refractivity contribution < 1.29 is 39.5 Å². The van der Waals surface area contributed by atoms with Crippen LogP contribution < -0.4 is 9.47 Å². The smallest absolute Gasteiger partial charge is 0.140 e. The van der Waals surface area contributed by atoms with Crippen LogP contribution in [0.5, 0.6) is 11.5 Å². The Hall–Kier alpha value is -4.34. The Labute approximate surface area is 315 Å². The number of Topliss-reactive ketones (excluding diaryl/α,β-unsaturated/α-hetero) is 2. The standard InChI is InChI=1S/C46H48O8/c1-53-31-17-13-29(14-18-31)37-43(23-47)39-35(33(51)21-27-9-5-3-6-10-27)40-44(37,24-48)42-36(34(52)22-28-11-7-4-8-12-28)41(43)45(39,25-49)38(46(40,42)26-50)30-15-19-32(54-2)20-16-30/h3-20,35-42,47-50H,21-26H2,1-2H3. The molecule has 6 aliphatic carbocycles. The Morgan fingerprint density at radius 3 is 1.04 bits per heavy atom. The molecule has 6 saturated carbocycles. The van der Waals surface area contributed by atoms with Crippen molar-refractivity contribution in [1.82, 2.24) is 0 Å². The van der Waals surface area contributed by atoms with Crippen LogP contribution in [-0.4, -0.2) is 72.6 Å². The summed E-state index contributed by atoms with van der Waals surface area (Å²) in [6.45, 7) is -1.30. The van der Waals surface area contributed by atoms with Crippen LogP contribution in [0.4, 0.5) is 0 Å². The highest BCUT2D eigenvalue weighted by Crippen LogP contribution is 3.00. The predicted octanol–water partition coefficient (Wildman–Crippen LogP) is 4.87. The van der Waals surface area contributed by atoms with Crippen LogP contribution in [0.1, 0.15) is 34.1 Å². The van der Waals surface area contributed by atoms with Gasteiger partial charge in [-0.1, -0.05) is 84.9 Å². The molecule has 0 radical (unpaired) electrons. The lowest BCUT2D eigenvalue weighted by molar-refractivity contribution is -0.500. The van der Waals surface area contributed by atoms with Gasteiger partial charge in [-0.05, 0) is 70.2 Å². The van der Waals surface area contributed by atoms with E-state index in [1.807, 2.05) is 109 Å². The second-order valence-corrected chi connectivity index (χ2v) is 16.7. The van der Waals surface area contributed by atoms with E-state index in [2.05, 4.69) is 0 Å². The lowest BCUT2D eigenvalue weighted by Crippen LogP contribution is -2.98. The summed E-state index contributed by atoms with van der Waals surface area (Å²) in [6, 6.07) is 34.7. The van der Waals surface area contributed by atoms with Gasteiger partial charge in [0, 0.05) is 84.6 Å². The largest absolute Gasteiger partial charge is 0.497 e. The molecule has 4 aromatic carbocycles. The van der Waals surface area contributed by atoms with E-state index >= 15 is 9.59 Å². The summed E-state index contributed by atoms with van der Waals surface area (Å²) in [7, 11) is 3.21. The van der Waals surface area contributed by atoms with E-state index in [-0.39, 0.29) is 50.8 Å². The summed E-state index contributed by atoms with van der Waals surface area (Å²) in [6.07, 6.45) is 0.299. The summed E-state index contributed by atoms with van der Waals surface area (Å²) in [4.78, 5) is 30.3. The van der Waals surface area contributed by atoms with Crippen molar-refractivity contribution >= 4 is 11.6 Å². The van der Waals surface area contributed by atoms with Crippen molar-refractivity contribution in [3.8, 4) is 11.5 Å². The first kappa shape index (κ1) is 35.4. The minimum Gasteiger partial charge on any atom is -0.497 e. The molecule has 280 valence electrons. The van der Waals surface area contributed by atoms with Crippen LogP contribution in [0, 0.1) is 57.2 Å². The van der Waals surface area contributed by atoms with Gasteiger partial charge in [0.15, 0.2) is 0 Å². The quantitative estimate of drug-likeness (QED) is 0.145. The van der Waals surface area contributed by atoms with E-state index in [4.69, 9.17) is 9.47 Å². The van der Waals surface area contributed by atoms with Crippen LogP contribution in [0.15, 0.2) is 109 Å². The van der Waals surface area contributed by atoms with Gasteiger partial charge in [0.1, 0.15) is 23.1 Å². The van der Waals surface area contributed by atoms with Crippen LogP contribution in [0.3, 0.4) is 0 Å². The van der Waals surface area contributed by atoms with Crippen molar-refractivity contribution in [2.24, 2.45) is 57.2 Å². The molecule has 4 N–H and O–H groups in total. The molecule has 6 aliphatic rings. The average molecular weight is 729 g/mol. The average Bonchev–Trinajstić information content (AvgIpc) is 3.20. The minimum atomic E-state index is -1.03. The van der Waals surface area contributed by atoms with Gasteiger partial charge in [-0.2, -0.15) is 0 Å². The molecule has 0 heterocycles. The summed E-state index contributed by atoms with van der Waals surface area (Å²) >= 11 is 0. The van der Waals surface area contributed by atoms with Gasteiger partial charge in [0.2, 0.25) is 0 Å². The van der Waals surface area contributed by atoms with Crippen LogP contribution >= 0.6 is 0 Å². The van der Waals surface area contributed by atoms with E-state index in [1.54, 1.807) is 14.2 Å². The second kappa shape index (κ2) is 12.6. The lowest BCUT2D eigenvalue weighted by atomic mass is 9.05. The van der Waals surface area contributed by atoms with Gasteiger partial charge in [-0.25, -0.2) is 0 Å². The fourth-order valence-corrected chi connectivity index (χ4v) is 14.6. The molecule has 8 nitrogen and oxygen atoms in total. The topological polar surface area (TPSA) is 134 Å². The molecule has 8 bridgehead atoms. The van der Waals surface area contributed by atoms with Gasteiger partial charge < -0.3 is 29.9 Å². The first-order valence-electron chi connectivity index (χ1n) is 19.1. The zero-order valence-corrected chi connectivity index (χ0v) is 30.7. The molecule has 0 atom stereocenters. The molecule has 0 aliphatic heterocycles. The maximum Gasteiger partial charge on any atom is 0.140 e. The van der Waals surface area contributed by atoms with Crippen molar-refractivity contribution in [2.45, 2.75) is 24.7 Å². The molecule has 0 saturated heterocycles. The number of aliphatic hydroxyl groups is 4. The molecule has 54 heavy (non-hydrogen) atoms. The van der Waals surface area contributed by atoms with E-state index in [0.717, 1.165) is 22.3 Å². The number of rotatable bonds is 14. The maximum atomic E-state index is 15.2. The minimum absolute atomic E-state index is 0.0187. The fourth-order valence-electron chi connectivity index (χ4n) is 14.6. The third kappa shape index (κ3) is 4.07. The normalized spacial score (nSPS) is 37.6. The Balaban J connectivity index is 1.33. The number of hydrogen-bond donors (Lipinski definition) is 4. The van der Waals surface area contributed by atoms with Crippen molar-refractivity contribution in [1.29, 1.82) is 0 Å². The predicted molar refractivity (Wildman–Crippen MR) is 201 cm³/mol. The molecule has 0 aromatic heterocycles. The SMILES string of the molecule is COc1ccc(C2C3(CO)C4C(C(=O)Cc5ccccc5)C5C2(CO)C2C(C(=O)Cc6ccccc6)C3C4(CO)C(c3ccc(OC)cc3)C52CO)cc1. The highest BCUT2D eigenvalue weighted by molar-refractivity contribution is 5.89. The van der Waals surface area contributed by atoms with E-state index in [1.165, 1.54) is 0 Å². The van der Waals surface area contributed by atoms with E-state index in [0.29, 0.717) is 11.5 Å². The third-order valence-electron chi connectivity index (χ3n) is 15.4. The summed E-state index contributed by atoms with van der Waals surface area (Å²) in [5, 5.41) is 48.5. The van der Waals surface area contributed by atoms with Gasteiger partial charge in [0.05, 0.1) is 14.2 Å².